The van der Waals surface area contributed by atoms with E-state index in [0.717, 1.165) is 50.0 Å². The second kappa shape index (κ2) is 6.85. The third-order valence-electron chi connectivity index (χ3n) is 3.22. The fourth-order valence-corrected chi connectivity index (χ4v) is 2.33. The van der Waals surface area contributed by atoms with E-state index >= 15 is 0 Å². The van der Waals surface area contributed by atoms with Crippen LogP contribution >= 0.6 is 0 Å². The molecule has 20 heavy (non-hydrogen) atoms. The van der Waals surface area contributed by atoms with Gasteiger partial charge in [-0.1, -0.05) is 0 Å². The van der Waals surface area contributed by atoms with E-state index in [2.05, 4.69) is 16.0 Å². The molecule has 0 atom stereocenters. The summed E-state index contributed by atoms with van der Waals surface area (Å²) in [5, 5.41) is 17.2. The van der Waals surface area contributed by atoms with Crippen molar-refractivity contribution in [2.24, 2.45) is 0 Å². The van der Waals surface area contributed by atoms with E-state index in [1.165, 1.54) is 0 Å². The second-order valence-corrected chi connectivity index (χ2v) is 4.24. The topological polar surface area (TPSA) is 69.4 Å². The van der Waals surface area contributed by atoms with Gasteiger partial charge in [0.25, 0.3) is 0 Å². The molecular formula is C15H17N3O2. The standard InChI is InChI=1S/C14H13N3O.CH4O/c15-10-11-3-4-13(17-6-8-18-9-7-17)12-2-1-5-16-14(11)12;1-2/h1-5H,6-9H2;2H,1H3. The van der Waals surface area contributed by atoms with Gasteiger partial charge in [0.05, 0.1) is 24.3 Å². The Kier molecular flexibility index (Phi) is 4.88. The van der Waals surface area contributed by atoms with Crippen molar-refractivity contribution in [3.63, 3.8) is 0 Å². The summed E-state index contributed by atoms with van der Waals surface area (Å²) in [7, 11) is 1.00. The van der Waals surface area contributed by atoms with Crippen molar-refractivity contribution in [2.75, 3.05) is 38.3 Å². The minimum absolute atomic E-state index is 0.627. The van der Waals surface area contributed by atoms with Gasteiger partial charge in [0.15, 0.2) is 0 Å². The van der Waals surface area contributed by atoms with Crippen LogP contribution in [0, 0.1) is 11.3 Å². The van der Waals surface area contributed by atoms with E-state index in [1.54, 1.807) is 6.20 Å². The van der Waals surface area contributed by atoms with E-state index in [4.69, 9.17) is 15.1 Å². The molecule has 1 N–H and O–H groups in total. The highest BCUT2D eigenvalue weighted by molar-refractivity contribution is 5.95. The lowest BCUT2D eigenvalue weighted by Gasteiger charge is -2.29. The summed E-state index contributed by atoms with van der Waals surface area (Å²) >= 11 is 0. The fourth-order valence-electron chi connectivity index (χ4n) is 2.33. The first kappa shape index (κ1) is 14.3. The van der Waals surface area contributed by atoms with Crippen molar-refractivity contribution < 1.29 is 9.84 Å². The molecule has 1 aliphatic rings. The Balaban J connectivity index is 0.000000704. The molecule has 5 heteroatoms. The van der Waals surface area contributed by atoms with E-state index in [1.807, 2.05) is 24.3 Å². The molecule has 1 aromatic carbocycles. The maximum Gasteiger partial charge on any atom is 0.101 e. The molecule has 1 aromatic heterocycles. The van der Waals surface area contributed by atoms with Gasteiger partial charge in [0, 0.05) is 37.5 Å². The maximum absolute atomic E-state index is 9.11. The first-order valence-electron chi connectivity index (χ1n) is 6.45. The van der Waals surface area contributed by atoms with Crippen molar-refractivity contribution in [2.45, 2.75) is 0 Å². The van der Waals surface area contributed by atoms with Gasteiger partial charge in [-0.3, -0.25) is 4.98 Å². The Morgan fingerprint density at radius 1 is 1.25 bits per heavy atom. The third kappa shape index (κ3) is 2.72. The zero-order valence-corrected chi connectivity index (χ0v) is 11.4. The molecule has 0 radical (unpaired) electrons. The average molecular weight is 271 g/mol. The van der Waals surface area contributed by atoms with Crippen LogP contribution in [-0.4, -0.2) is 43.5 Å². The molecule has 5 nitrogen and oxygen atoms in total. The highest BCUT2D eigenvalue weighted by atomic mass is 16.5. The van der Waals surface area contributed by atoms with Gasteiger partial charge in [-0.05, 0) is 24.3 Å². The fraction of sp³-hybridized carbons (Fsp3) is 0.333. The molecular weight excluding hydrogens is 254 g/mol. The van der Waals surface area contributed by atoms with Crippen LogP contribution in [0.25, 0.3) is 10.9 Å². The third-order valence-corrected chi connectivity index (χ3v) is 3.22. The van der Waals surface area contributed by atoms with Crippen molar-refractivity contribution >= 4 is 16.6 Å². The lowest BCUT2D eigenvalue weighted by molar-refractivity contribution is 0.123. The number of benzene rings is 1. The lowest BCUT2D eigenvalue weighted by Crippen LogP contribution is -2.36. The highest BCUT2D eigenvalue weighted by Gasteiger charge is 2.15. The van der Waals surface area contributed by atoms with Gasteiger partial charge in [-0.25, -0.2) is 0 Å². The SMILES string of the molecule is CO.N#Cc1ccc(N2CCOCC2)c2cccnc12. The molecule has 1 fully saturated rings. The van der Waals surface area contributed by atoms with E-state index < -0.39 is 0 Å². The van der Waals surface area contributed by atoms with Gasteiger partial charge in [0.1, 0.15) is 6.07 Å². The summed E-state index contributed by atoms with van der Waals surface area (Å²) in [4.78, 5) is 6.61. The Morgan fingerprint density at radius 3 is 2.70 bits per heavy atom. The summed E-state index contributed by atoms with van der Waals surface area (Å²) in [6, 6.07) is 9.98. The highest BCUT2D eigenvalue weighted by Crippen LogP contribution is 2.28. The Labute approximate surface area is 118 Å². The Hall–Kier alpha value is -2.16. The Morgan fingerprint density at radius 2 is 2.00 bits per heavy atom. The lowest BCUT2D eigenvalue weighted by atomic mass is 10.1. The maximum atomic E-state index is 9.11. The molecule has 0 aliphatic carbocycles. The summed E-state index contributed by atoms with van der Waals surface area (Å²) in [5.41, 5.74) is 2.55. The second-order valence-electron chi connectivity index (χ2n) is 4.24. The Bertz CT molecular complexity index is 616. The molecule has 0 bridgehead atoms. The summed E-state index contributed by atoms with van der Waals surface area (Å²) < 4.78 is 5.37. The van der Waals surface area contributed by atoms with Crippen LogP contribution in [0.1, 0.15) is 5.56 Å². The minimum atomic E-state index is 0.627. The zero-order chi connectivity index (χ0) is 14.4. The number of morpholine rings is 1. The van der Waals surface area contributed by atoms with E-state index in [0.29, 0.717) is 5.56 Å². The van der Waals surface area contributed by atoms with Crippen LogP contribution in [0.15, 0.2) is 30.5 Å². The van der Waals surface area contributed by atoms with Crippen LogP contribution in [0.5, 0.6) is 0 Å². The molecule has 0 amide bonds. The van der Waals surface area contributed by atoms with E-state index in [9.17, 15) is 0 Å². The van der Waals surface area contributed by atoms with Crippen LogP contribution in [0.2, 0.25) is 0 Å². The zero-order valence-electron chi connectivity index (χ0n) is 11.4. The molecule has 3 rings (SSSR count). The monoisotopic (exact) mass is 271 g/mol. The number of anilines is 1. The molecule has 104 valence electrons. The number of aromatic nitrogens is 1. The number of ether oxygens (including phenoxy) is 1. The number of aliphatic hydroxyl groups excluding tert-OH is 1. The summed E-state index contributed by atoms with van der Waals surface area (Å²) in [6.45, 7) is 3.27. The van der Waals surface area contributed by atoms with Crippen LogP contribution in [-0.2, 0) is 4.74 Å². The number of rotatable bonds is 1. The normalized spacial score (nSPS) is 14.3. The van der Waals surface area contributed by atoms with Crippen LogP contribution in [0.4, 0.5) is 5.69 Å². The van der Waals surface area contributed by atoms with Crippen molar-refractivity contribution in [1.82, 2.24) is 4.98 Å². The van der Waals surface area contributed by atoms with Crippen molar-refractivity contribution in [1.29, 1.82) is 5.26 Å². The summed E-state index contributed by atoms with van der Waals surface area (Å²) in [5.74, 6) is 0. The number of fused-ring (bicyclic) bond motifs is 1. The molecule has 1 saturated heterocycles. The number of hydrogen-bond donors (Lipinski definition) is 1. The minimum Gasteiger partial charge on any atom is -0.400 e. The van der Waals surface area contributed by atoms with Gasteiger partial charge >= 0.3 is 0 Å². The molecule has 2 aromatic rings. The van der Waals surface area contributed by atoms with Crippen LogP contribution < -0.4 is 4.90 Å². The molecule has 0 saturated carbocycles. The van der Waals surface area contributed by atoms with Gasteiger partial charge in [0.2, 0.25) is 0 Å². The van der Waals surface area contributed by atoms with Crippen LogP contribution in [0.3, 0.4) is 0 Å². The number of aliphatic hydroxyl groups is 1. The number of nitrogens with zero attached hydrogens (tertiary/aromatic N) is 3. The van der Waals surface area contributed by atoms with Gasteiger partial charge in [-0.15, -0.1) is 0 Å². The molecule has 0 spiro atoms. The van der Waals surface area contributed by atoms with E-state index in [-0.39, 0.29) is 0 Å². The molecule has 2 heterocycles. The molecule has 0 unspecified atom stereocenters. The summed E-state index contributed by atoms with van der Waals surface area (Å²) in [6.07, 6.45) is 1.73. The quantitative estimate of drug-likeness (QED) is 0.852. The average Bonchev–Trinajstić information content (AvgIpc) is 2.56. The molecule has 1 aliphatic heterocycles. The number of nitriles is 1. The first-order chi connectivity index (χ1) is 9.90. The van der Waals surface area contributed by atoms with Gasteiger partial charge in [-0.2, -0.15) is 5.26 Å². The van der Waals surface area contributed by atoms with Gasteiger partial charge < -0.3 is 14.7 Å². The smallest absolute Gasteiger partial charge is 0.101 e. The largest absolute Gasteiger partial charge is 0.400 e. The van der Waals surface area contributed by atoms with Crippen molar-refractivity contribution in [3.05, 3.63) is 36.0 Å². The van der Waals surface area contributed by atoms with Crippen molar-refractivity contribution in [3.8, 4) is 6.07 Å². The number of hydrogen-bond acceptors (Lipinski definition) is 5. The predicted molar refractivity (Wildman–Crippen MR) is 77.6 cm³/mol. The first-order valence-corrected chi connectivity index (χ1v) is 6.45. The number of pyridine rings is 1. The predicted octanol–water partition coefficient (Wildman–Crippen LogP) is 1.55.